The maximum absolute atomic E-state index is 8.92. The Bertz CT molecular complexity index is 183. The average Bonchev–Trinajstić information content (AvgIpc) is 2.20. The van der Waals surface area contributed by atoms with Crippen molar-refractivity contribution < 1.29 is 15.3 Å². The summed E-state index contributed by atoms with van der Waals surface area (Å²) in [5, 5.41) is 35.0. The van der Waals surface area contributed by atoms with Gasteiger partial charge in [-0.05, 0) is 12.8 Å². The van der Waals surface area contributed by atoms with Gasteiger partial charge in [0.15, 0.2) is 0 Å². The Balaban J connectivity index is 3.97. The van der Waals surface area contributed by atoms with Gasteiger partial charge in [0.05, 0.1) is 25.9 Å². The van der Waals surface area contributed by atoms with Gasteiger partial charge in [-0.1, -0.05) is 6.08 Å². The van der Waals surface area contributed by atoms with Crippen LogP contribution >= 0.6 is 0 Å². The molecule has 0 aromatic carbocycles. The molecule has 0 aliphatic carbocycles. The number of aliphatic hydroxyl groups excluding tert-OH is 3. The Hall–Kier alpha value is -0.890. The number of rotatable bonds is 6. The van der Waals surface area contributed by atoms with Crippen molar-refractivity contribution >= 4 is 0 Å². The van der Waals surface area contributed by atoms with Gasteiger partial charge >= 0.3 is 0 Å². The van der Waals surface area contributed by atoms with E-state index in [1.807, 2.05) is 6.07 Å². The number of hydrogen-bond acceptors (Lipinski definition) is 4. The molecule has 74 valence electrons. The molecule has 0 aromatic rings. The third kappa shape index (κ3) is 4.04. The Labute approximate surface area is 77.7 Å². The van der Waals surface area contributed by atoms with Crippen molar-refractivity contribution in [2.75, 3.05) is 19.8 Å². The molecule has 0 aromatic heterocycles. The first-order valence-electron chi connectivity index (χ1n) is 4.12. The summed E-state index contributed by atoms with van der Waals surface area (Å²) in [7, 11) is 0. The Kier molecular flexibility index (Phi) is 6.15. The minimum atomic E-state index is -0.820. The van der Waals surface area contributed by atoms with Crippen molar-refractivity contribution in [2.24, 2.45) is 5.41 Å². The zero-order valence-electron chi connectivity index (χ0n) is 7.48. The van der Waals surface area contributed by atoms with E-state index < -0.39 is 5.41 Å². The van der Waals surface area contributed by atoms with Crippen LogP contribution in [0.5, 0.6) is 0 Å². The van der Waals surface area contributed by atoms with E-state index in [1.54, 1.807) is 6.08 Å². The lowest BCUT2D eigenvalue weighted by atomic mass is 9.86. The molecule has 0 bridgehead atoms. The molecule has 0 fully saturated rings. The molecule has 0 heterocycles. The highest BCUT2D eigenvalue weighted by molar-refractivity contribution is 5.01. The summed E-state index contributed by atoms with van der Waals surface area (Å²) in [6, 6.07) is 1.84. The molecule has 0 saturated carbocycles. The van der Waals surface area contributed by atoms with Crippen molar-refractivity contribution in [3.8, 4) is 6.07 Å². The summed E-state index contributed by atoms with van der Waals surface area (Å²) in [5.74, 6) is 0. The molecule has 0 aliphatic rings. The molecule has 0 unspecified atom stereocenters. The minimum absolute atomic E-state index is 0.250. The maximum Gasteiger partial charge on any atom is 0.0908 e. The second kappa shape index (κ2) is 6.61. The van der Waals surface area contributed by atoms with E-state index in [9.17, 15) is 0 Å². The van der Waals surface area contributed by atoms with Gasteiger partial charge < -0.3 is 15.3 Å². The minimum Gasteiger partial charge on any atom is -0.396 e. The summed E-state index contributed by atoms with van der Waals surface area (Å²) in [5.41, 5.74) is -0.820. The van der Waals surface area contributed by atoms with Crippen LogP contribution in [0.1, 0.15) is 12.8 Å². The van der Waals surface area contributed by atoms with Crippen molar-refractivity contribution in [2.45, 2.75) is 12.8 Å². The van der Waals surface area contributed by atoms with Crippen LogP contribution in [0.3, 0.4) is 0 Å². The highest BCUT2D eigenvalue weighted by atomic mass is 16.3. The maximum atomic E-state index is 8.92. The fourth-order valence-electron chi connectivity index (χ4n) is 0.913. The SMILES string of the molecule is N#CC=CCCC(CO)(CO)CO. The lowest BCUT2D eigenvalue weighted by Gasteiger charge is -2.26. The summed E-state index contributed by atoms with van der Waals surface area (Å²) >= 11 is 0. The first-order chi connectivity index (χ1) is 6.24. The molecule has 4 heteroatoms. The van der Waals surface area contributed by atoms with Crippen molar-refractivity contribution in [1.82, 2.24) is 0 Å². The van der Waals surface area contributed by atoms with Crippen LogP contribution in [-0.2, 0) is 0 Å². The number of nitrogens with zero attached hydrogens (tertiary/aromatic N) is 1. The third-order valence-corrected chi connectivity index (χ3v) is 2.04. The van der Waals surface area contributed by atoms with E-state index in [1.165, 1.54) is 6.08 Å². The van der Waals surface area contributed by atoms with Gasteiger partial charge in [-0.25, -0.2) is 0 Å². The van der Waals surface area contributed by atoms with Crippen LogP contribution in [0.15, 0.2) is 12.2 Å². The molecule has 0 saturated heterocycles. The third-order valence-electron chi connectivity index (χ3n) is 2.04. The summed E-state index contributed by atoms with van der Waals surface area (Å²) in [4.78, 5) is 0. The normalized spacial score (nSPS) is 11.8. The van der Waals surface area contributed by atoms with Crippen LogP contribution < -0.4 is 0 Å². The fraction of sp³-hybridized carbons (Fsp3) is 0.667. The van der Waals surface area contributed by atoms with E-state index in [0.717, 1.165) is 0 Å². The standard InChI is InChI=1S/C9H15NO3/c10-5-3-1-2-4-9(6-11,7-12)8-13/h1,3,11-13H,2,4,6-8H2. The second-order valence-corrected chi connectivity index (χ2v) is 3.04. The van der Waals surface area contributed by atoms with Gasteiger partial charge in [0.25, 0.3) is 0 Å². The quantitative estimate of drug-likeness (QED) is 0.501. The lowest BCUT2D eigenvalue weighted by Crippen LogP contribution is -2.33. The topological polar surface area (TPSA) is 84.5 Å². The number of nitriles is 1. The monoisotopic (exact) mass is 185 g/mol. The Morgan fingerprint density at radius 2 is 1.69 bits per heavy atom. The van der Waals surface area contributed by atoms with Crippen LogP contribution in [-0.4, -0.2) is 35.1 Å². The van der Waals surface area contributed by atoms with Crippen molar-refractivity contribution in [3.05, 3.63) is 12.2 Å². The average molecular weight is 185 g/mol. The molecule has 0 aliphatic heterocycles. The predicted molar refractivity (Wildman–Crippen MR) is 47.7 cm³/mol. The zero-order chi connectivity index (χ0) is 10.2. The molecule has 0 rings (SSSR count). The molecule has 0 radical (unpaired) electrons. The molecule has 0 spiro atoms. The molecular weight excluding hydrogens is 170 g/mol. The van der Waals surface area contributed by atoms with E-state index >= 15 is 0 Å². The predicted octanol–water partition coefficient (Wildman–Crippen LogP) is -0.190. The van der Waals surface area contributed by atoms with Gasteiger partial charge in [-0.15, -0.1) is 0 Å². The summed E-state index contributed by atoms with van der Waals surface area (Å²) in [6.45, 7) is -0.749. The molecule has 4 nitrogen and oxygen atoms in total. The summed E-state index contributed by atoms with van der Waals surface area (Å²) in [6.07, 6.45) is 4.02. The van der Waals surface area contributed by atoms with E-state index in [4.69, 9.17) is 20.6 Å². The van der Waals surface area contributed by atoms with Gasteiger partial charge in [0, 0.05) is 11.5 Å². The number of hydrogen-bond donors (Lipinski definition) is 3. The highest BCUT2D eigenvalue weighted by Gasteiger charge is 2.26. The largest absolute Gasteiger partial charge is 0.396 e. The molecule has 3 N–H and O–H groups in total. The molecule has 13 heavy (non-hydrogen) atoms. The fourth-order valence-corrected chi connectivity index (χ4v) is 0.913. The van der Waals surface area contributed by atoms with Gasteiger partial charge in [-0.2, -0.15) is 5.26 Å². The molecular formula is C9H15NO3. The first kappa shape index (κ1) is 12.1. The second-order valence-electron chi connectivity index (χ2n) is 3.04. The molecule has 0 amide bonds. The number of aliphatic hydroxyl groups is 3. The van der Waals surface area contributed by atoms with Gasteiger partial charge in [-0.3, -0.25) is 0 Å². The Morgan fingerprint density at radius 1 is 1.15 bits per heavy atom. The number of allylic oxidation sites excluding steroid dienone is 2. The van der Waals surface area contributed by atoms with Gasteiger partial charge in [0.1, 0.15) is 0 Å². The van der Waals surface area contributed by atoms with Crippen molar-refractivity contribution in [1.29, 1.82) is 5.26 Å². The van der Waals surface area contributed by atoms with E-state index in [0.29, 0.717) is 12.8 Å². The van der Waals surface area contributed by atoms with Crippen LogP contribution in [0, 0.1) is 16.7 Å². The lowest BCUT2D eigenvalue weighted by molar-refractivity contribution is 0.000199. The van der Waals surface area contributed by atoms with E-state index in [2.05, 4.69) is 0 Å². The van der Waals surface area contributed by atoms with Crippen LogP contribution in [0.25, 0.3) is 0 Å². The zero-order valence-corrected chi connectivity index (χ0v) is 7.48. The smallest absolute Gasteiger partial charge is 0.0908 e. The Morgan fingerprint density at radius 3 is 2.08 bits per heavy atom. The molecule has 0 atom stereocenters. The highest BCUT2D eigenvalue weighted by Crippen LogP contribution is 2.21. The first-order valence-corrected chi connectivity index (χ1v) is 4.12. The van der Waals surface area contributed by atoms with Crippen LogP contribution in [0.2, 0.25) is 0 Å². The van der Waals surface area contributed by atoms with Crippen LogP contribution in [0.4, 0.5) is 0 Å². The summed E-state index contributed by atoms with van der Waals surface area (Å²) < 4.78 is 0. The van der Waals surface area contributed by atoms with Crippen molar-refractivity contribution in [3.63, 3.8) is 0 Å². The van der Waals surface area contributed by atoms with E-state index in [-0.39, 0.29) is 19.8 Å². The van der Waals surface area contributed by atoms with Gasteiger partial charge in [0.2, 0.25) is 0 Å².